The fraction of sp³-hybridized carbons (Fsp3) is 0.333. The molecule has 0 aromatic heterocycles. The van der Waals surface area contributed by atoms with E-state index in [0.29, 0.717) is 0 Å². The number of benzene rings is 1. The average molecular weight is 190 g/mol. The van der Waals surface area contributed by atoms with E-state index in [1.54, 1.807) is 7.11 Å². The van der Waals surface area contributed by atoms with E-state index < -0.39 is 0 Å². The summed E-state index contributed by atoms with van der Waals surface area (Å²) in [5.41, 5.74) is 0.866. The number of hydrogen-bond acceptors (Lipinski definition) is 2. The first kappa shape index (κ1) is 9.13. The van der Waals surface area contributed by atoms with Gasteiger partial charge in [0, 0.05) is 5.56 Å². The highest BCUT2D eigenvalue weighted by Crippen LogP contribution is 2.32. The number of methoxy groups -OCH3 is 1. The second-order valence-electron chi connectivity index (χ2n) is 3.94. The Balaban J connectivity index is 2.41. The minimum atomic E-state index is -0.207. The Morgan fingerprint density at radius 2 is 2.07 bits per heavy atom. The summed E-state index contributed by atoms with van der Waals surface area (Å²) in [6, 6.07) is 5.83. The zero-order chi connectivity index (χ0) is 10.2. The summed E-state index contributed by atoms with van der Waals surface area (Å²) in [6.07, 6.45) is 4.12. The van der Waals surface area contributed by atoms with Gasteiger partial charge in [0.2, 0.25) is 0 Å². The number of ether oxygens (including phenoxy) is 2. The lowest BCUT2D eigenvalue weighted by atomic mass is 10.0. The molecule has 74 valence electrons. The summed E-state index contributed by atoms with van der Waals surface area (Å²) in [7, 11) is 1.67. The van der Waals surface area contributed by atoms with Crippen molar-refractivity contribution >= 4 is 6.08 Å². The smallest absolute Gasteiger partial charge is 0.128 e. The Morgan fingerprint density at radius 3 is 2.79 bits per heavy atom. The number of hydrogen-bond donors (Lipinski definition) is 0. The predicted molar refractivity (Wildman–Crippen MR) is 56.7 cm³/mol. The van der Waals surface area contributed by atoms with Crippen molar-refractivity contribution < 1.29 is 9.47 Å². The fourth-order valence-corrected chi connectivity index (χ4v) is 1.48. The molecular weight excluding hydrogens is 176 g/mol. The van der Waals surface area contributed by atoms with Crippen molar-refractivity contribution in [3.63, 3.8) is 0 Å². The second-order valence-corrected chi connectivity index (χ2v) is 3.94. The highest BCUT2D eigenvalue weighted by atomic mass is 16.5. The van der Waals surface area contributed by atoms with Gasteiger partial charge in [-0.15, -0.1) is 0 Å². The standard InChI is InChI=1S/C12H14O2/c1-12(2)7-6-9-8-10(13-3)4-5-11(9)14-12/h4-8H,1-3H3. The Labute approximate surface area is 84.2 Å². The van der Waals surface area contributed by atoms with Crippen LogP contribution in [0.5, 0.6) is 11.5 Å². The molecule has 0 aliphatic carbocycles. The highest BCUT2D eigenvalue weighted by Gasteiger charge is 2.21. The molecule has 0 atom stereocenters. The van der Waals surface area contributed by atoms with E-state index in [1.807, 2.05) is 32.0 Å². The van der Waals surface area contributed by atoms with Gasteiger partial charge in [0.1, 0.15) is 17.1 Å². The van der Waals surface area contributed by atoms with Crippen molar-refractivity contribution in [2.45, 2.75) is 19.4 Å². The molecule has 1 heterocycles. The van der Waals surface area contributed by atoms with Crippen LogP contribution in [0.1, 0.15) is 19.4 Å². The van der Waals surface area contributed by atoms with Gasteiger partial charge in [-0.1, -0.05) is 6.08 Å². The van der Waals surface area contributed by atoms with Crippen molar-refractivity contribution in [3.05, 3.63) is 29.8 Å². The van der Waals surface area contributed by atoms with E-state index >= 15 is 0 Å². The molecule has 0 amide bonds. The Morgan fingerprint density at radius 1 is 1.29 bits per heavy atom. The molecular formula is C12H14O2. The Bertz CT molecular complexity index is 378. The monoisotopic (exact) mass is 190 g/mol. The molecule has 2 heteroatoms. The molecule has 2 nitrogen and oxygen atoms in total. The van der Waals surface area contributed by atoms with Crippen molar-refractivity contribution in [1.82, 2.24) is 0 Å². The fourth-order valence-electron chi connectivity index (χ4n) is 1.48. The lowest BCUT2D eigenvalue weighted by Gasteiger charge is -2.27. The minimum absolute atomic E-state index is 0.207. The van der Waals surface area contributed by atoms with Crippen LogP contribution in [0.25, 0.3) is 6.08 Å². The van der Waals surface area contributed by atoms with Gasteiger partial charge in [0.05, 0.1) is 7.11 Å². The molecule has 0 saturated carbocycles. The van der Waals surface area contributed by atoms with Crippen LogP contribution in [0.4, 0.5) is 0 Å². The van der Waals surface area contributed by atoms with E-state index in [-0.39, 0.29) is 5.60 Å². The van der Waals surface area contributed by atoms with Gasteiger partial charge in [-0.2, -0.15) is 0 Å². The van der Waals surface area contributed by atoms with Gasteiger partial charge in [-0.05, 0) is 38.1 Å². The molecule has 0 N–H and O–H groups in total. The van der Waals surface area contributed by atoms with Gasteiger partial charge in [0.25, 0.3) is 0 Å². The van der Waals surface area contributed by atoms with Crippen LogP contribution in [-0.4, -0.2) is 12.7 Å². The summed E-state index contributed by atoms with van der Waals surface area (Å²) in [5.74, 6) is 1.77. The third-order valence-electron chi connectivity index (χ3n) is 2.25. The first-order chi connectivity index (χ1) is 6.61. The van der Waals surface area contributed by atoms with E-state index in [4.69, 9.17) is 9.47 Å². The van der Waals surface area contributed by atoms with E-state index in [2.05, 4.69) is 12.2 Å². The lowest BCUT2D eigenvalue weighted by Crippen LogP contribution is -2.27. The van der Waals surface area contributed by atoms with Crippen molar-refractivity contribution in [2.75, 3.05) is 7.11 Å². The maximum atomic E-state index is 5.78. The van der Waals surface area contributed by atoms with E-state index in [9.17, 15) is 0 Å². The zero-order valence-electron chi connectivity index (χ0n) is 8.70. The first-order valence-corrected chi connectivity index (χ1v) is 4.67. The van der Waals surface area contributed by atoms with Crippen molar-refractivity contribution in [1.29, 1.82) is 0 Å². The molecule has 1 aromatic rings. The number of rotatable bonds is 1. The lowest BCUT2D eigenvalue weighted by molar-refractivity contribution is 0.159. The van der Waals surface area contributed by atoms with Crippen LogP contribution >= 0.6 is 0 Å². The third-order valence-corrected chi connectivity index (χ3v) is 2.25. The molecule has 1 aliphatic heterocycles. The minimum Gasteiger partial charge on any atom is -0.497 e. The molecule has 0 spiro atoms. The summed E-state index contributed by atoms with van der Waals surface area (Å²) < 4.78 is 10.9. The van der Waals surface area contributed by atoms with Gasteiger partial charge in [0.15, 0.2) is 0 Å². The van der Waals surface area contributed by atoms with E-state index in [1.165, 1.54) is 0 Å². The average Bonchev–Trinajstić information content (AvgIpc) is 2.16. The van der Waals surface area contributed by atoms with Crippen LogP contribution < -0.4 is 9.47 Å². The SMILES string of the molecule is COc1ccc2c(c1)C=CC(C)(C)O2. The quantitative estimate of drug-likeness (QED) is 0.678. The maximum Gasteiger partial charge on any atom is 0.128 e. The molecule has 1 aromatic carbocycles. The maximum absolute atomic E-state index is 5.78. The number of fused-ring (bicyclic) bond motifs is 1. The molecule has 14 heavy (non-hydrogen) atoms. The largest absolute Gasteiger partial charge is 0.497 e. The molecule has 2 rings (SSSR count). The third kappa shape index (κ3) is 1.60. The van der Waals surface area contributed by atoms with Gasteiger partial charge >= 0.3 is 0 Å². The molecule has 1 aliphatic rings. The summed E-state index contributed by atoms with van der Waals surface area (Å²) in [5, 5.41) is 0. The summed E-state index contributed by atoms with van der Waals surface area (Å²) in [6.45, 7) is 4.08. The predicted octanol–water partition coefficient (Wildman–Crippen LogP) is 2.88. The topological polar surface area (TPSA) is 18.5 Å². The molecule has 0 saturated heterocycles. The highest BCUT2D eigenvalue weighted by molar-refractivity contribution is 5.62. The normalized spacial score (nSPS) is 17.1. The molecule has 0 unspecified atom stereocenters. The Hall–Kier alpha value is -1.44. The summed E-state index contributed by atoms with van der Waals surface area (Å²) >= 11 is 0. The molecule has 0 radical (unpaired) electrons. The first-order valence-electron chi connectivity index (χ1n) is 4.67. The second kappa shape index (κ2) is 3.05. The van der Waals surface area contributed by atoms with Gasteiger partial charge in [-0.25, -0.2) is 0 Å². The Kier molecular flexibility index (Phi) is 1.99. The van der Waals surface area contributed by atoms with Crippen LogP contribution in [0.3, 0.4) is 0 Å². The van der Waals surface area contributed by atoms with Crippen LogP contribution in [0, 0.1) is 0 Å². The van der Waals surface area contributed by atoms with Crippen LogP contribution in [0.15, 0.2) is 24.3 Å². The van der Waals surface area contributed by atoms with Crippen LogP contribution in [0.2, 0.25) is 0 Å². The van der Waals surface area contributed by atoms with Crippen molar-refractivity contribution in [3.8, 4) is 11.5 Å². The van der Waals surface area contributed by atoms with Gasteiger partial charge < -0.3 is 9.47 Å². The van der Waals surface area contributed by atoms with Crippen LogP contribution in [-0.2, 0) is 0 Å². The molecule has 0 bridgehead atoms. The summed E-state index contributed by atoms with van der Waals surface area (Å²) in [4.78, 5) is 0. The molecule has 0 fully saturated rings. The zero-order valence-corrected chi connectivity index (χ0v) is 8.70. The van der Waals surface area contributed by atoms with Gasteiger partial charge in [-0.3, -0.25) is 0 Å². The van der Waals surface area contributed by atoms with Crippen molar-refractivity contribution in [2.24, 2.45) is 0 Å². The van der Waals surface area contributed by atoms with E-state index in [0.717, 1.165) is 17.1 Å².